The fourth-order valence-corrected chi connectivity index (χ4v) is 2.72. The first-order valence-electron chi connectivity index (χ1n) is 9.16. The highest BCUT2D eigenvalue weighted by atomic mass is 16.2. The molecule has 25 heavy (non-hydrogen) atoms. The number of hydrogen-bond acceptors (Lipinski definition) is 2. The third-order valence-corrected chi connectivity index (χ3v) is 4.74. The van der Waals surface area contributed by atoms with Gasteiger partial charge in [-0.3, -0.25) is 4.79 Å². The Morgan fingerprint density at radius 2 is 1.64 bits per heavy atom. The van der Waals surface area contributed by atoms with Gasteiger partial charge >= 0.3 is 6.03 Å². The van der Waals surface area contributed by atoms with Crippen LogP contribution < -0.4 is 21.3 Å². The topological polar surface area (TPSA) is 88.7 Å². The summed E-state index contributed by atoms with van der Waals surface area (Å²) in [6.45, 7) is 11.9. The van der Waals surface area contributed by atoms with Crippen LogP contribution in [-0.4, -0.2) is 31.1 Å². The van der Waals surface area contributed by atoms with Crippen molar-refractivity contribution in [3.63, 3.8) is 0 Å². The molecule has 1 aromatic rings. The molecule has 0 heterocycles. The summed E-state index contributed by atoms with van der Waals surface area (Å²) >= 11 is 0. The number of quaternary nitrogens is 1. The van der Waals surface area contributed by atoms with Gasteiger partial charge in [-0.25, -0.2) is 4.79 Å². The van der Waals surface area contributed by atoms with Gasteiger partial charge < -0.3 is 21.3 Å². The van der Waals surface area contributed by atoms with Gasteiger partial charge in [0.05, 0.1) is 13.1 Å². The summed E-state index contributed by atoms with van der Waals surface area (Å²) in [4.78, 5) is 25.0. The quantitative estimate of drug-likeness (QED) is 0.504. The van der Waals surface area contributed by atoms with E-state index in [2.05, 4.69) is 36.6 Å². The average molecular weight is 349 g/mol. The highest BCUT2D eigenvalue weighted by molar-refractivity contribution is 5.86. The predicted molar refractivity (Wildman–Crippen MR) is 100.0 cm³/mol. The second kappa shape index (κ2) is 10.7. The molecular formula is C19H33N4O2+. The fourth-order valence-electron chi connectivity index (χ4n) is 2.72. The van der Waals surface area contributed by atoms with Crippen LogP contribution in [0.4, 0.5) is 4.79 Å². The van der Waals surface area contributed by atoms with E-state index in [0.717, 1.165) is 31.6 Å². The second-order valence-electron chi connectivity index (χ2n) is 6.54. The maximum absolute atomic E-state index is 12.4. The molecule has 3 amide bonds. The van der Waals surface area contributed by atoms with Crippen molar-refractivity contribution in [1.82, 2.24) is 10.6 Å². The lowest BCUT2D eigenvalue weighted by atomic mass is 9.98. The smallest absolute Gasteiger partial charge is 0.312 e. The second-order valence-corrected chi connectivity index (χ2v) is 6.54. The van der Waals surface area contributed by atoms with E-state index < -0.39 is 12.1 Å². The number of carbonyl (C=O) groups excluding carboxylic acids is 2. The molecule has 5 N–H and O–H groups in total. The van der Waals surface area contributed by atoms with E-state index >= 15 is 0 Å². The number of benzene rings is 1. The first kappa shape index (κ1) is 21.0. The third kappa shape index (κ3) is 7.13. The van der Waals surface area contributed by atoms with Crippen LogP contribution in [0, 0.1) is 5.92 Å². The Kier molecular flexibility index (Phi) is 8.99. The van der Waals surface area contributed by atoms with Crippen LogP contribution in [0.1, 0.15) is 45.2 Å². The van der Waals surface area contributed by atoms with Crippen molar-refractivity contribution in [1.29, 1.82) is 0 Å². The molecule has 6 nitrogen and oxygen atoms in total. The van der Waals surface area contributed by atoms with Gasteiger partial charge in [0.25, 0.3) is 0 Å². The van der Waals surface area contributed by atoms with Crippen molar-refractivity contribution in [2.24, 2.45) is 11.7 Å². The Labute approximate surface area is 151 Å². The summed E-state index contributed by atoms with van der Waals surface area (Å²) in [5.41, 5.74) is 7.51. The zero-order valence-electron chi connectivity index (χ0n) is 15.9. The zero-order valence-corrected chi connectivity index (χ0v) is 15.9. The van der Waals surface area contributed by atoms with E-state index in [4.69, 9.17) is 5.73 Å². The van der Waals surface area contributed by atoms with Crippen LogP contribution in [0.25, 0.3) is 0 Å². The van der Waals surface area contributed by atoms with Crippen LogP contribution in [0.2, 0.25) is 0 Å². The molecule has 0 aliphatic carbocycles. The number of urea groups is 1. The minimum atomic E-state index is -0.677. The number of amides is 3. The Hall–Kier alpha value is -2.08. The number of nitrogens with one attached hydrogen (secondary N) is 3. The average Bonchev–Trinajstić information content (AvgIpc) is 2.62. The van der Waals surface area contributed by atoms with Gasteiger partial charge in [-0.15, -0.1) is 0 Å². The number of rotatable bonds is 10. The van der Waals surface area contributed by atoms with Crippen LogP contribution in [-0.2, 0) is 17.9 Å². The standard InChI is InChI=1S/C19H32N4O2/c1-5-14(4)17(22-19(20)25)18(24)21-12-15-8-10-16(11-9-15)13-23(6-2)7-3/h8-11,14,17H,5-7,12-13H2,1-4H3,(H,21,24)(H3,20,22,25)/p+1/t14-,17-/m0/s1. The predicted octanol–water partition coefficient (Wildman–Crippen LogP) is 0.811. The van der Waals surface area contributed by atoms with Gasteiger partial charge in [0, 0.05) is 12.1 Å². The molecule has 6 heteroatoms. The van der Waals surface area contributed by atoms with Gasteiger partial charge in [0.15, 0.2) is 0 Å². The van der Waals surface area contributed by atoms with E-state index in [-0.39, 0.29) is 11.8 Å². The molecule has 0 aliphatic rings. The molecule has 1 aromatic carbocycles. The first-order chi connectivity index (χ1) is 11.9. The molecule has 0 aromatic heterocycles. The molecule has 2 atom stereocenters. The number of carbonyl (C=O) groups is 2. The van der Waals surface area contributed by atoms with Crippen molar-refractivity contribution in [3.8, 4) is 0 Å². The lowest BCUT2D eigenvalue weighted by Crippen LogP contribution is -3.10. The summed E-state index contributed by atoms with van der Waals surface area (Å²) in [7, 11) is 0. The normalized spacial score (nSPS) is 13.3. The number of hydrogen-bond donors (Lipinski definition) is 4. The van der Waals surface area contributed by atoms with Crippen molar-refractivity contribution >= 4 is 11.9 Å². The van der Waals surface area contributed by atoms with Crippen LogP contribution in [0.15, 0.2) is 24.3 Å². The Bertz CT molecular complexity index is 541. The molecule has 0 unspecified atom stereocenters. The highest BCUT2D eigenvalue weighted by Gasteiger charge is 2.24. The van der Waals surface area contributed by atoms with E-state index in [0.29, 0.717) is 6.54 Å². The molecule has 0 radical (unpaired) electrons. The number of primary amides is 1. The minimum absolute atomic E-state index is 0.0203. The summed E-state index contributed by atoms with van der Waals surface area (Å²) in [5.74, 6) is -0.184. The van der Waals surface area contributed by atoms with E-state index in [1.54, 1.807) is 0 Å². The van der Waals surface area contributed by atoms with Crippen LogP contribution >= 0.6 is 0 Å². The van der Waals surface area contributed by atoms with Crippen molar-refractivity contribution in [2.75, 3.05) is 13.1 Å². The fraction of sp³-hybridized carbons (Fsp3) is 0.579. The van der Waals surface area contributed by atoms with Crippen molar-refractivity contribution in [3.05, 3.63) is 35.4 Å². The van der Waals surface area contributed by atoms with Gasteiger partial charge in [-0.05, 0) is 25.3 Å². The van der Waals surface area contributed by atoms with Gasteiger partial charge in [0.1, 0.15) is 12.6 Å². The minimum Gasteiger partial charge on any atom is -0.352 e. The van der Waals surface area contributed by atoms with E-state index in [9.17, 15) is 9.59 Å². The largest absolute Gasteiger partial charge is 0.352 e. The molecule has 0 saturated heterocycles. The summed E-state index contributed by atoms with van der Waals surface area (Å²) in [6, 6.07) is 7.02. The summed E-state index contributed by atoms with van der Waals surface area (Å²) in [6.07, 6.45) is 0.779. The lowest BCUT2D eigenvalue weighted by Gasteiger charge is -2.22. The Balaban J connectivity index is 2.61. The maximum Gasteiger partial charge on any atom is 0.312 e. The number of nitrogens with two attached hydrogens (primary N) is 1. The van der Waals surface area contributed by atoms with Crippen molar-refractivity contribution in [2.45, 2.75) is 53.2 Å². The third-order valence-electron chi connectivity index (χ3n) is 4.74. The Morgan fingerprint density at radius 3 is 2.12 bits per heavy atom. The SMILES string of the molecule is CC[C@H](C)[C@H](NC(N)=O)C(=O)NCc1ccc(C[NH+](CC)CC)cc1. The zero-order chi connectivity index (χ0) is 18.8. The molecule has 0 fully saturated rings. The molecule has 1 rings (SSSR count). The molecule has 0 saturated carbocycles. The first-order valence-corrected chi connectivity index (χ1v) is 9.16. The summed E-state index contributed by atoms with van der Waals surface area (Å²) < 4.78 is 0. The lowest BCUT2D eigenvalue weighted by molar-refractivity contribution is -0.910. The molecule has 140 valence electrons. The van der Waals surface area contributed by atoms with Crippen LogP contribution in [0.3, 0.4) is 0 Å². The Morgan fingerprint density at radius 1 is 1.08 bits per heavy atom. The molecule has 0 bridgehead atoms. The van der Waals surface area contributed by atoms with Crippen LogP contribution in [0.5, 0.6) is 0 Å². The molecule has 0 spiro atoms. The van der Waals surface area contributed by atoms with Crippen molar-refractivity contribution < 1.29 is 14.5 Å². The molecule has 0 aliphatic heterocycles. The monoisotopic (exact) mass is 349 g/mol. The highest BCUT2D eigenvalue weighted by Crippen LogP contribution is 2.09. The van der Waals surface area contributed by atoms with E-state index in [1.165, 1.54) is 10.5 Å². The maximum atomic E-state index is 12.4. The summed E-state index contributed by atoms with van der Waals surface area (Å²) in [5, 5.41) is 5.42. The molecular weight excluding hydrogens is 316 g/mol. The van der Waals surface area contributed by atoms with Gasteiger partial charge in [-0.2, -0.15) is 0 Å². The van der Waals surface area contributed by atoms with Gasteiger partial charge in [-0.1, -0.05) is 44.5 Å². The van der Waals surface area contributed by atoms with E-state index in [1.807, 2.05) is 26.0 Å². The van der Waals surface area contributed by atoms with Gasteiger partial charge in [0.2, 0.25) is 5.91 Å².